The van der Waals surface area contributed by atoms with Gasteiger partial charge >= 0.3 is 0 Å². The molecule has 2 aromatic rings. The van der Waals surface area contributed by atoms with Crippen molar-refractivity contribution >= 4 is 5.91 Å². The number of amides is 1. The smallest absolute Gasteiger partial charge is 0.225 e. The normalized spacial score (nSPS) is 11.6. The molecule has 0 heterocycles. The van der Waals surface area contributed by atoms with Gasteiger partial charge in [0.2, 0.25) is 5.91 Å². The van der Waals surface area contributed by atoms with Crippen LogP contribution in [0.2, 0.25) is 0 Å². The second kappa shape index (κ2) is 8.96. The number of carbonyl (C=O) groups excluding carboxylic acids is 1. The molecule has 0 aliphatic rings. The highest BCUT2D eigenvalue weighted by Crippen LogP contribution is 2.25. The van der Waals surface area contributed by atoms with E-state index < -0.39 is 0 Å². The van der Waals surface area contributed by atoms with Gasteiger partial charge in [0.1, 0.15) is 11.5 Å². The summed E-state index contributed by atoms with van der Waals surface area (Å²) in [7, 11) is 3.21. The SMILES string of the molecule is CCCC(NC(=O)Cc1cc(OC)ccc1OC)c1ccccc1. The quantitative estimate of drug-likeness (QED) is 0.800. The molecule has 1 N–H and O–H groups in total. The molecule has 1 amide bonds. The molecule has 0 bridgehead atoms. The molecule has 0 aromatic heterocycles. The second-order valence-corrected chi connectivity index (χ2v) is 5.67. The summed E-state index contributed by atoms with van der Waals surface area (Å²) in [5.41, 5.74) is 1.95. The molecule has 0 aliphatic heterocycles. The molecular formula is C20H25NO3. The van der Waals surface area contributed by atoms with E-state index >= 15 is 0 Å². The van der Waals surface area contributed by atoms with Crippen molar-refractivity contribution in [3.8, 4) is 11.5 Å². The lowest BCUT2D eigenvalue weighted by atomic mass is 10.0. The van der Waals surface area contributed by atoms with Gasteiger partial charge in [0, 0.05) is 5.56 Å². The van der Waals surface area contributed by atoms with Gasteiger partial charge in [-0.2, -0.15) is 0 Å². The van der Waals surface area contributed by atoms with Gasteiger partial charge in [0.15, 0.2) is 0 Å². The van der Waals surface area contributed by atoms with Crippen LogP contribution in [0.5, 0.6) is 11.5 Å². The van der Waals surface area contributed by atoms with Crippen molar-refractivity contribution in [2.45, 2.75) is 32.2 Å². The summed E-state index contributed by atoms with van der Waals surface area (Å²) in [6.07, 6.45) is 2.17. The van der Waals surface area contributed by atoms with E-state index in [-0.39, 0.29) is 18.4 Å². The minimum absolute atomic E-state index is 0.0242. The Labute approximate surface area is 143 Å². The van der Waals surface area contributed by atoms with Crippen molar-refractivity contribution in [1.82, 2.24) is 5.32 Å². The Bertz CT molecular complexity index is 655. The van der Waals surface area contributed by atoms with Crippen molar-refractivity contribution in [3.05, 3.63) is 59.7 Å². The first kappa shape index (κ1) is 17.9. The Balaban J connectivity index is 2.11. The standard InChI is InChI=1S/C20H25NO3/c1-4-8-18(15-9-6-5-7-10-15)21-20(22)14-16-13-17(23-2)11-12-19(16)24-3/h5-7,9-13,18H,4,8,14H2,1-3H3,(H,21,22). The molecule has 0 spiro atoms. The maximum absolute atomic E-state index is 12.5. The van der Waals surface area contributed by atoms with Gasteiger partial charge in [-0.1, -0.05) is 43.7 Å². The number of carbonyl (C=O) groups is 1. The van der Waals surface area contributed by atoms with Crippen LogP contribution in [0, 0.1) is 0 Å². The van der Waals surface area contributed by atoms with Crippen LogP contribution in [0.15, 0.2) is 48.5 Å². The van der Waals surface area contributed by atoms with Gasteiger partial charge < -0.3 is 14.8 Å². The van der Waals surface area contributed by atoms with E-state index in [1.165, 1.54) is 0 Å². The molecule has 0 saturated carbocycles. The predicted molar refractivity (Wildman–Crippen MR) is 95.5 cm³/mol. The zero-order chi connectivity index (χ0) is 17.4. The van der Waals surface area contributed by atoms with Crippen molar-refractivity contribution < 1.29 is 14.3 Å². The van der Waals surface area contributed by atoms with Crippen LogP contribution in [0.1, 0.15) is 36.9 Å². The number of nitrogens with one attached hydrogen (secondary N) is 1. The van der Waals surface area contributed by atoms with E-state index in [9.17, 15) is 4.79 Å². The predicted octanol–water partition coefficient (Wildman–Crippen LogP) is 3.90. The number of rotatable bonds is 8. The average molecular weight is 327 g/mol. The van der Waals surface area contributed by atoms with E-state index in [4.69, 9.17) is 9.47 Å². The zero-order valence-corrected chi connectivity index (χ0v) is 14.5. The summed E-state index contributed by atoms with van der Waals surface area (Å²) in [6.45, 7) is 2.12. The van der Waals surface area contributed by atoms with Crippen molar-refractivity contribution in [3.63, 3.8) is 0 Å². The molecule has 0 aliphatic carbocycles. The Morgan fingerprint density at radius 2 is 1.83 bits per heavy atom. The minimum atomic E-state index is -0.0242. The van der Waals surface area contributed by atoms with Crippen molar-refractivity contribution in [2.24, 2.45) is 0 Å². The highest BCUT2D eigenvalue weighted by molar-refractivity contribution is 5.80. The van der Waals surface area contributed by atoms with Crippen molar-refractivity contribution in [2.75, 3.05) is 14.2 Å². The Morgan fingerprint density at radius 1 is 1.08 bits per heavy atom. The fourth-order valence-electron chi connectivity index (χ4n) is 2.73. The molecule has 1 atom stereocenters. The zero-order valence-electron chi connectivity index (χ0n) is 14.5. The second-order valence-electron chi connectivity index (χ2n) is 5.67. The summed E-state index contributed by atoms with van der Waals surface area (Å²) < 4.78 is 10.6. The molecule has 0 saturated heterocycles. The van der Waals surface area contributed by atoms with Crippen molar-refractivity contribution in [1.29, 1.82) is 0 Å². The third-order valence-corrected chi connectivity index (χ3v) is 3.95. The first-order valence-corrected chi connectivity index (χ1v) is 8.23. The summed E-state index contributed by atoms with van der Waals surface area (Å²) in [6, 6.07) is 15.6. The number of hydrogen-bond acceptors (Lipinski definition) is 3. The van der Waals surface area contributed by atoms with Crippen LogP contribution in [-0.2, 0) is 11.2 Å². The lowest BCUT2D eigenvalue weighted by Crippen LogP contribution is -2.30. The first-order chi connectivity index (χ1) is 11.7. The van der Waals surface area contributed by atoms with Crippen LogP contribution in [0.25, 0.3) is 0 Å². The first-order valence-electron chi connectivity index (χ1n) is 8.23. The molecule has 2 aromatic carbocycles. The molecule has 24 heavy (non-hydrogen) atoms. The summed E-state index contributed by atoms with van der Waals surface area (Å²) in [4.78, 5) is 12.5. The number of benzene rings is 2. The van der Waals surface area contributed by atoms with Gasteiger partial charge in [-0.05, 0) is 30.2 Å². The topological polar surface area (TPSA) is 47.6 Å². The Hall–Kier alpha value is -2.49. The van der Waals surface area contributed by atoms with E-state index in [0.717, 1.165) is 24.0 Å². The maximum atomic E-state index is 12.5. The van der Waals surface area contributed by atoms with Gasteiger partial charge in [0.25, 0.3) is 0 Å². The van der Waals surface area contributed by atoms with Gasteiger partial charge in [-0.25, -0.2) is 0 Å². The molecule has 1 unspecified atom stereocenters. The van der Waals surface area contributed by atoms with Crippen LogP contribution in [0.4, 0.5) is 0 Å². The third kappa shape index (κ3) is 4.75. The van der Waals surface area contributed by atoms with Gasteiger partial charge in [-0.15, -0.1) is 0 Å². The van der Waals surface area contributed by atoms with Gasteiger partial charge in [0.05, 0.1) is 26.7 Å². The molecule has 4 nitrogen and oxygen atoms in total. The Morgan fingerprint density at radius 3 is 2.46 bits per heavy atom. The van der Waals surface area contributed by atoms with Crippen LogP contribution in [-0.4, -0.2) is 20.1 Å². The van der Waals surface area contributed by atoms with Crippen LogP contribution < -0.4 is 14.8 Å². The lowest BCUT2D eigenvalue weighted by molar-refractivity contribution is -0.121. The van der Waals surface area contributed by atoms with E-state index in [2.05, 4.69) is 12.2 Å². The maximum Gasteiger partial charge on any atom is 0.225 e. The average Bonchev–Trinajstić information content (AvgIpc) is 2.62. The molecule has 2 rings (SSSR count). The van der Waals surface area contributed by atoms with Gasteiger partial charge in [-0.3, -0.25) is 4.79 Å². The molecule has 0 fully saturated rings. The van der Waals surface area contributed by atoms with E-state index in [0.29, 0.717) is 11.5 Å². The highest BCUT2D eigenvalue weighted by atomic mass is 16.5. The van der Waals surface area contributed by atoms with E-state index in [1.807, 2.05) is 48.5 Å². The largest absolute Gasteiger partial charge is 0.497 e. The van der Waals surface area contributed by atoms with Crippen LogP contribution in [0.3, 0.4) is 0 Å². The van der Waals surface area contributed by atoms with Crippen LogP contribution >= 0.6 is 0 Å². The summed E-state index contributed by atoms with van der Waals surface area (Å²) in [5.74, 6) is 1.38. The fraction of sp³-hybridized carbons (Fsp3) is 0.350. The monoisotopic (exact) mass is 327 g/mol. The third-order valence-electron chi connectivity index (χ3n) is 3.95. The fourth-order valence-corrected chi connectivity index (χ4v) is 2.73. The molecule has 128 valence electrons. The summed E-state index contributed by atoms with van der Waals surface area (Å²) in [5, 5.41) is 3.14. The molecular weight excluding hydrogens is 302 g/mol. The Kier molecular flexibility index (Phi) is 6.67. The summed E-state index contributed by atoms with van der Waals surface area (Å²) >= 11 is 0. The molecule has 0 radical (unpaired) electrons. The van der Waals surface area contributed by atoms with E-state index in [1.54, 1.807) is 14.2 Å². The minimum Gasteiger partial charge on any atom is -0.497 e. The molecule has 4 heteroatoms. The highest BCUT2D eigenvalue weighted by Gasteiger charge is 2.16. The number of methoxy groups -OCH3 is 2. The number of hydrogen-bond donors (Lipinski definition) is 1. The lowest BCUT2D eigenvalue weighted by Gasteiger charge is -2.19. The number of ether oxygens (including phenoxy) is 2.